The third-order valence-electron chi connectivity index (χ3n) is 5.28. The van der Waals surface area contributed by atoms with E-state index in [1.165, 1.54) is 6.08 Å². The van der Waals surface area contributed by atoms with E-state index in [2.05, 4.69) is 10.3 Å². The lowest BCUT2D eigenvalue weighted by molar-refractivity contribution is -0.117. The summed E-state index contributed by atoms with van der Waals surface area (Å²) in [5.41, 5.74) is 3.16. The fraction of sp³-hybridized carbons (Fsp3) is 0.217. The van der Waals surface area contributed by atoms with E-state index in [9.17, 15) is 9.59 Å². The van der Waals surface area contributed by atoms with Crippen molar-refractivity contribution in [1.29, 1.82) is 0 Å². The van der Waals surface area contributed by atoms with Crippen molar-refractivity contribution < 1.29 is 14.3 Å². The Morgan fingerprint density at radius 2 is 2.00 bits per heavy atom. The van der Waals surface area contributed by atoms with E-state index in [1.807, 2.05) is 37.3 Å². The molecule has 0 bridgehead atoms. The zero-order valence-electron chi connectivity index (χ0n) is 16.5. The van der Waals surface area contributed by atoms with Crippen molar-refractivity contribution in [2.75, 3.05) is 13.7 Å². The van der Waals surface area contributed by atoms with Crippen LogP contribution in [0, 0.1) is 0 Å². The zero-order chi connectivity index (χ0) is 20.5. The molecule has 146 valence electrons. The van der Waals surface area contributed by atoms with Gasteiger partial charge < -0.3 is 10.1 Å². The molecule has 1 aliphatic carbocycles. The Hall–Kier alpha value is -3.38. The fourth-order valence-corrected chi connectivity index (χ4v) is 3.60. The van der Waals surface area contributed by atoms with Crippen molar-refractivity contribution in [2.24, 2.45) is 0 Å². The molecule has 3 aromatic rings. The van der Waals surface area contributed by atoms with Gasteiger partial charge in [0.1, 0.15) is 11.8 Å². The van der Waals surface area contributed by atoms with Gasteiger partial charge in [-0.2, -0.15) is 0 Å². The van der Waals surface area contributed by atoms with Gasteiger partial charge in [-0.1, -0.05) is 24.3 Å². The predicted molar refractivity (Wildman–Crippen MR) is 113 cm³/mol. The van der Waals surface area contributed by atoms with Gasteiger partial charge in [0.2, 0.25) is 11.7 Å². The highest BCUT2D eigenvalue weighted by Crippen LogP contribution is 2.36. The van der Waals surface area contributed by atoms with Gasteiger partial charge in [0.05, 0.1) is 11.2 Å². The normalized spacial score (nSPS) is 14.8. The second-order valence-electron chi connectivity index (χ2n) is 6.93. The molecule has 2 aromatic heterocycles. The van der Waals surface area contributed by atoms with Crippen LogP contribution < -0.4 is 5.32 Å². The summed E-state index contributed by atoms with van der Waals surface area (Å²) in [5.74, 6) is -0.357. The topological polar surface area (TPSA) is 81.2 Å². The van der Waals surface area contributed by atoms with Crippen molar-refractivity contribution in [1.82, 2.24) is 15.3 Å². The molecule has 6 nitrogen and oxygen atoms in total. The Balaban J connectivity index is 1.84. The Bertz CT molecular complexity index is 1210. The lowest BCUT2D eigenvalue weighted by atomic mass is 9.90. The van der Waals surface area contributed by atoms with Crippen molar-refractivity contribution in [3.05, 3.63) is 65.6 Å². The summed E-state index contributed by atoms with van der Waals surface area (Å²) in [4.78, 5) is 34.1. The van der Waals surface area contributed by atoms with Gasteiger partial charge in [0.15, 0.2) is 0 Å². The molecule has 0 saturated heterocycles. The quantitative estimate of drug-likeness (QED) is 0.536. The molecule has 1 atom stereocenters. The Labute approximate surface area is 168 Å². The number of allylic oxidation sites excluding steroid dienone is 2. The van der Waals surface area contributed by atoms with Crippen LogP contribution in [0.15, 0.2) is 54.3 Å². The molecule has 29 heavy (non-hydrogen) atoms. The molecule has 1 aliphatic rings. The molecule has 0 aliphatic heterocycles. The van der Waals surface area contributed by atoms with Crippen LogP contribution in [-0.2, 0) is 9.53 Å². The third-order valence-corrected chi connectivity index (χ3v) is 5.28. The number of hydrogen-bond donors (Lipinski definition) is 1. The highest BCUT2D eigenvalue weighted by molar-refractivity contribution is 6.24. The maximum Gasteiger partial charge on any atom is 0.246 e. The van der Waals surface area contributed by atoms with Gasteiger partial charge >= 0.3 is 0 Å². The molecule has 0 radical (unpaired) electrons. The summed E-state index contributed by atoms with van der Waals surface area (Å²) < 4.78 is 5.65. The summed E-state index contributed by atoms with van der Waals surface area (Å²) in [6.07, 6.45) is 4.40. The summed E-state index contributed by atoms with van der Waals surface area (Å²) in [6.45, 7) is 3.78. The van der Waals surface area contributed by atoms with Gasteiger partial charge in [-0.3, -0.25) is 14.6 Å². The van der Waals surface area contributed by atoms with Crippen LogP contribution in [-0.4, -0.2) is 41.4 Å². The van der Waals surface area contributed by atoms with E-state index in [1.54, 1.807) is 26.3 Å². The van der Waals surface area contributed by atoms with Crippen molar-refractivity contribution in [3.63, 3.8) is 0 Å². The molecule has 2 heterocycles. The number of para-hydroxylation sites is 1. The number of nitrogens with zero attached hydrogens (tertiary/aromatic N) is 2. The highest BCUT2D eigenvalue weighted by atomic mass is 16.5. The number of pyridine rings is 2. The van der Waals surface area contributed by atoms with Crippen LogP contribution in [0.4, 0.5) is 0 Å². The first-order valence-corrected chi connectivity index (χ1v) is 9.42. The second-order valence-corrected chi connectivity index (χ2v) is 6.93. The molecule has 1 unspecified atom stereocenters. The molecular formula is C23H21N3O3. The summed E-state index contributed by atoms with van der Waals surface area (Å²) >= 11 is 0. The maximum atomic E-state index is 12.8. The maximum absolute atomic E-state index is 12.8. The SMILES string of the molecule is C/C=C(\C)C(=O)NCC(OC)C1=CC(=O)c2nccc3c2c1nc1ccccc13. The Kier molecular flexibility index (Phi) is 4.94. The van der Waals surface area contributed by atoms with Crippen molar-refractivity contribution in [3.8, 4) is 0 Å². The first-order chi connectivity index (χ1) is 14.0. The van der Waals surface area contributed by atoms with Gasteiger partial charge in [-0.15, -0.1) is 0 Å². The molecule has 4 rings (SSSR count). The number of amides is 1. The van der Waals surface area contributed by atoms with Gasteiger partial charge in [-0.25, -0.2) is 4.98 Å². The largest absolute Gasteiger partial charge is 0.375 e. The number of nitrogens with one attached hydrogen (secondary N) is 1. The number of fused-ring (bicyclic) bond motifs is 2. The minimum atomic E-state index is -0.516. The lowest BCUT2D eigenvalue weighted by Gasteiger charge is -2.24. The van der Waals surface area contributed by atoms with Gasteiger partial charge in [-0.05, 0) is 37.4 Å². The number of carbonyl (C=O) groups is 2. The van der Waals surface area contributed by atoms with Crippen LogP contribution in [0.3, 0.4) is 0 Å². The number of rotatable bonds is 5. The molecule has 1 aromatic carbocycles. The van der Waals surface area contributed by atoms with Crippen LogP contribution in [0.2, 0.25) is 0 Å². The number of methoxy groups -OCH3 is 1. The van der Waals surface area contributed by atoms with Crippen LogP contribution in [0.5, 0.6) is 0 Å². The van der Waals surface area contributed by atoms with Gasteiger partial charge in [0, 0.05) is 41.8 Å². The smallest absolute Gasteiger partial charge is 0.246 e. The average Bonchev–Trinajstić information content (AvgIpc) is 2.76. The standard InChI is InChI=1S/C23H21N3O3/c1-4-13(2)23(28)25-12-19(29-3)16-11-18(27)22-20-15(9-10-24-22)14-7-5-6-8-17(14)26-21(16)20/h4-11,19H,12H2,1-3H3,(H,25,28)/b13-4+. The molecular weight excluding hydrogens is 366 g/mol. The molecule has 1 amide bonds. The lowest BCUT2D eigenvalue weighted by Crippen LogP contribution is -2.35. The number of ketones is 1. The first kappa shape index (κ1) is 19.0. The van der Waals surface area contributed by atoms with Crippen molar-refractivity contribution >= 4 is 38.9 Å². The summed E-state index contributed by atoms with van der Waals surface area (Å²) in [6, 6.07) is 9.72. The minimum absolute atomic E-state index is 0.170. The average molecular weight is 387 g/mol. The van der Waals surface area contributed by atoms with E-state index in [0.717, 1.165) is 21.7 Å². The fourth-order valence-electron chi connectivity index (χ4n) is 3.60. The number of aromatic nitrogens is 2. The van der Waals surface area contributed by atoms with Crippen molar-refractivity contribution in [2.45, 2.75) is 20.0 Å². The van der Waals surface area contributed by atoms with Crippen LogP contribution in [0.1, 0.15) is 30.0 Å². The van der Waals surface area contributed by atoms with E-state index >= 15 is 0 Å². The first-order valence-electron chi connectivity index (χ1n) is 9.42. The van der Waals surface area contributed by atoms with E-state index < -0.39 is 6.10 Å². The van der Waals surface area contributed by atoms with E-state index in [4.69, 9.17) is 9.72 Å². The predicted octanol–water partition coefficient (Wildman–Crippen LogP) is 3.46. The molecule has 0 fully saturated rings. The van der Waals surface area contributed by atoms with E-state index in [0.29, 0.717) is 22.5 Å². The molecule has 6 heteroatoms. The number of hydrogen-bond acceptors (Lipinski definition) is 5. The number of benzene rings is 1. The molecule has 0 spiro atoms. The zero-order valence-corrected chi connectivity index (χ0v) is 16.5. The summed E-state index contributed by atoms with van der Waals surface area (Å²) in [7, 11) is 1.56. The van der Waals surface area contributed by atoms with Gasteiger partial charge in [0.25, 0.3) is 0 Å². The third kappa shape index (κ3) is 3.21. The Morgan fingerprint density at radius 3 is 2.76 bits per heavy atom. The minimum Gasteiger partial charge on any atom is -0.375 e. The monoisotopic (exact) mass is 387 g/mol. The van der Waals surface area contributed by atoms with E-state index in [-0.39, 0.29) is 18.2 Å². The number of carbonyl (C=O) groups excluding carboxylic acids is 2. The second kappa shape index (κ2) is 7.56. The highest BCUT2D eigenvalue weighted by Gasteiger charge is 2.29. The molecule has 1 N–H and O–H groups in total. The van der Waals surface area contributed by atoms with Crippen LogP contribution >= 0.6 is 0 Å². The van der Waals surface area contributed by atoms with Crippen LogP contribution in [0.25, 0.3) is 27.2 Å². The Morgan fingerprint density at radius 1 is 1.21 bits per heavy atom. The number of ether oxygens (including phenoxy) is 1. The summed E-state index contributed by atoms with van der Waals surface area (Å²) in [5, 5.41) is 5.49. The molecule has 0 saturated carbocycles.